The van der Waals surface area contributed by atoms with Gasteiger partial charge in [0.05, 0.1) is 18.8 Å². The number of nitrogen functional groups attached to an aromatic ring is 1. The number of likely N-dealkylation sites (tertiary alicyclic amines) is 1. The number of hydrogen-bond donors (Lipinski definition) is 4. The molecule has 4 aromatic rings. The number of imidazole rings is 1. The zero-order chi connectivity index (χ0) is 25.4. The van der Waals surface area contributed by atoms with Crippen molar-refractivity contribution < 1.29 is 10.2 Å². The minimum atomic E-state index is -0.647. The number of pyridine rings is 1. The number of aryl methyl sites for hydroxylation is 1. The molecule has 0 bridgehead atoms. The van der Waals surface area contributed by atoms with Crippen molar-refractivity contribution in [3.8, 4) is 11.4 Å². The Balaban J connectivity index is 1.53. The van der Waals surface area contributed by atoms with Gasteiger partial charge in [-0.05, 0) is 57.1 Å². The predicted molar refractivity (Wildman–Crippen MR) is 141 cm³/mol. The zero-order valence-corrected chi connectivity index (χ0v) is 21.1. The third kappa shape index (κ3) is 4.59. The summed E-state index contributed by atoms with van der Waals surface area (Å²) in [6, 6.07) is 7.76. The van der Waals surface area contributed by atoms with Crippen LogP contribution in [0.1, 0.15) is 32.5 Å². The van der Waals surface area contributed by atoms with Crippen LogP contribution < -0.4 is 11.1 Å². The fraction of sp³-hybridized carbons (Fsp3) is 0.462. The summed E-state index contributed by atoms with van der Waals surface area (Å²) in [6.07, 6.45) is 3.60. The van der Waals surface area contributed by atoms with Crippen LogP contribution >= 0.6 is 0 Å². The molecule has 1 saturated heterocycles. The number of aliphatic hydroxyl groups is 2. The quantitative estimate of drug-likeness (QED) is 0.308. The molecule has 1 aliphatic rings. The van der Waals surface area contributed by atoms with E-state index in [0.29, 0.717) is 42.0 Å². The van der Waals surface area contributed by atoms with Crippen LogP contribution in [-0.2, 0) is 13.6 Å². The molecule has 190 valence electrons. The van der Waals surface area contributed by atoms with Crippen molar-refractivity contribution in [2.75, 3.05) is 37.3 Å². The third-order valence-electron chi connectivity index (χ3n) is 7.25. The second-order valence-electron chi connectivity index (χ2n) is 10.1. The molecule has 5 N–H and O–H groups in total. The maximum atomic E-state index is 10.4. The topological polar surface area (TPSA) is 138 Å². The summed E-state index contributed by atoms with van der Waals surface area (Å²) in [7, 11) is 1.98. The number of piperidine rings is 1. The largest absolute Gasteiger partial charge is 0.395 e. The summed E-state index contributed by atoms with van der Waals surface area (Å²) in [5.74, 6) is 2.81. The summed E-state index contributed by atoms with van der Waals surface area (Å²) >= 11 is 0. The van der Waals surface area contributed by atoms with Crippen LogP contribution in [-0.4, -0.2) is 71.5 Å². The lowest BCUT2D eigenvalue weighted by atomic mass is 9.83. The van der Waals surface area contributed by atoms with Crippen LogP contribution in [0, 0.1) is 5.92 Å². The Kier molecular flexibility index (Phi) is 6.50. The second kappa shape index (κ2) is 9.61. The maximum Gasteiger partial charge on any atom is 0.166 e. The highest BCUT2D eigenvalue weighted by atomic mass is 16.3. The summed E-state index contributed by atoms with van der Waals surface area (Å²) in [5.41, 5.74) is 7.72. The first kappa shape index (κ1) is 24.4. The lowest BCUT2D eigenvalue weighted by molar-refractivity contribution is -0.0139. The number of anilines is 2. The van der Waals surface area contributed by atoms with E-state index in [0.717, 1.165) is 53.7 Å². The number of aliphatic hydroxyl groups excluding tert-OH is 1. The average Bonchev–Trinajstić information content (AvgIpc) is 3.17. The third-order valence-corrected chi connectivity index (χ3v) is 7.25. The highest BCUT2D eigenvalue weighted by Gasteiger charge is 2.31. The molecule has 0 radical (unpaired) electrons. The Labute approximate surface area is 210 Å². The molecular weight excluding hydrogens is 456 g/mol. The van der Waals surface area contributed by atoms with Crippen molar-refractivity contribution in [1.82, 2.24) is 29.4 Å². The van der Waals surface area contributed by atoms with Crippen molar-refractivity contribution in [3.05, 3.63) is 36.3 Å². The van der Waals surface area contributed by atoms with E-state index < -0.39 is 5.60 Å². The Morgan fingerprint density at radius 2 is 1.89 bits per heavy atom. The minimum absolute atomic E-state index is 0.0207. The first-order valence-corrected chi connectivity index (χ1v) is 12.4. The molecule has 10 nitrogen and oxygen atoms in total. The van der Waals surface area contributed by atoms with E-state index in [2.05, 4.69) is 15.2 Å². The molecule has 0 unspecified atom stereocenters. The highest BCUT2D eigenvalue weighted by molar-refractivity contribution is 6.00. The molecule has 10 heteroatoms. The van der Waals surface area contributed by atoms with Gasteiger partial charge in [0, 0.05) is 30.7 Å². The number of rotatable bonds is 7. The van der Waals surface area contributed by atoms with Crippen molar-refractivity contribution in [3.63, 3.8) is 0 Å². The van der Waals surface area contributed by atoms with E-state index >= 15 is 0 Å². The lowest BCUT2D eigenvalue weighted by Crippen LogP contribution is -2.41. The Hall–Kier alpha value is -3.34. The molecular formula is C26H34N8O2. The van der Waals surface area contributed by atoms with E-state index in [9.17, 15) is 10.2 Å². The van der Waals surface area contributed by atoms with E-state index in [4.69, 9.17) is 20.7 Å². The van der Waals surface area contributed by atoms with Gasteiger partial charge < -0.3 is 25.8 Å². The van der Waals surface area contributed by atoms with E-state index in [1.54, 1.807) is 6.20 Å². The molecule has 4 heterocycles. The van der Waals surface area contributed by atoms with Crippen molar-refractivity contribution >= 4 is 33.6 Å². The Morgan fingerprint density at radius 3 is 2.61 bits per heavy atom. The Morgan fingerprint density at radius 1 is 1.11 bits per heavy atom. The summed E-state index contributed by atoms with van der Waals surface area (Å²) in [4.78, 5) is 21.2. The highest BCUT2D eigenvalue weighted by Crippen LogP contribution is 2.32. The van der Waals surface area contributed by atoms with Crippen molar-refractivity contribution in [1.29, 1.82) is 0 Å². The van der Waals surface area contributed by atoms with E-state index in [-0.39, 0.29) is 6.61 Å². The number of fused-ring (bicyclic) bond motifs is 2. The first-order chi connectivity index (χ1) is 17.3. The normalized spacial score (nSPS) is 15.7. The molecule has 1 aromatic carbocycles. The van der Waals surface area contributed by atoms with Crippen molar-refractivity contribution in [2.24, 2.45) is 13.0 Å². The molecule has 5 rings (SSSR count). The number of aromatic nitrogens is 5. The number of nitrogens with one attached hydrogen (secondary N) is 1. The van der Waals surface area contributed by atoms with Crippen LogP contribution in [0.15, 0.2) is 30.5 Å². The summed E-state index contributed by atoms with van der Waals surface area (Å²) < 4.78 is 2.02. The van der Waals surface area contributed by atoms with Gasteiger partial charge in [0.15, 0.2) is 22.8 Å². The SMILES string of the molecule is Cn1c(CN2CCC(C(C)(C)O)CC2)nc2c(NCCO)nc(-c3cccc4c(N)nccc34)nc21. The molecule has 0 saturated carbocycles. The van der Waals surface area contributed by atoms with Crippen LogP contribution in [0.5, 0.6) is 0 Å². The van der Waals surface area contributed by atoms with E-state index in [1.165, 1.54) is 0 Å². The van der Waals surface area contributed by atoms with Gasteiger partial charge in [-0.1, -0.05) is 18.2 Å². The minimum Gasteiger partial charge on any atom is -0.395 e. The molecule has 0 spiro atoms. The van der Waals surface area contributed by atoms with Gasteiger partial charge in [0.2, 0.25) is 0 Å². The van der Waals surface area contributed by atoms with Gasteiger partial charge in [0.25, 0.3) is 0 Å². The molecule has 3 aromatic heterocycles. The van der Waals surface area contributed by atoms with Gasteiger partial charge in [-0.2, -0.15) is 0 Å². The fourth-order valence-electron chi connectivity index (χ4n) is 5.09. The van der Waals surface area contributed by atoms with Crippen LogP contribution in [0.4, 0.5) is 11.6 Å². The first-order valence-electron chi connectivity index (χ1n) is 12.4. The van der Waals surface area contributed by atoms with Gasteiger partial charge in [-0.3, -0.25) is 4.90 Å². The number of nitrogens with two attached hydrogens (primary N) is 1. The molecule has 0 amide bonds. The molecule has 0 aliphatic carbocycles. The summed E-state index contributed by atoms with van der Waals surface area (Å²) in [6.45, 7) is 6.65. The smallest absolute Gasteiger partial charge is 0.166 e. The molecule has 36 heavy (non-hydrogen) atoms. The van der Waals surface area contributed by atoms with E-state index in [1.807, 2.05) is 49.7 Å². The lowest BCUT2D eigenvalue weighted by Gasteiger charge is -2.37. The zero-order valence-electron chi connectivity index (χ0n) is 21.1. The van der Waals surface area contributed by atoms with Gasteiger partial charge in [0.1, 0.15) is 11.6 Å². The number of nitrogens with zero attached hydrogens (tertiary/aromatic N) is 6. The standard InChI is InChI=1S/C26H34N8O2/c1-26(2,36)16-8-12-34(13-9-16)15-20-30-21-24(29-11-14-35)31-23(32-25(21)33(20)3)19-6-4-5-18-17(19)7-10-28-22(18)27/h4-7,10,16,35-36H,8-9,11-15H2,1-3H3,(H2,27,28)(H,29,31,32). The van der Waals surface area contributed by atoms with Gasteiger partial charge in [-0.25, -0.2) is 19.9 Å². The van der Waals surface area contributed by atoms with Crippen molar-refractivity contribution in [2.45, 2.75) is 38.8 Å². The van der Waals surface area contributed by atoms with Gasteiger partial charge in [-0.15, -0.1) is 0 Å². The Bertz CT molecular complexity index is 1390. The summed E-state index contributed by atoms with van der Waals surface area (Å²) in [5, 5.41) is 24.8. The maximum absolute atomic E-state index is 10.4. The number of hydrogen-bond acceptors (Lipinski definition) is 9. The molecule has 1 fully saturated rings. The molecule has 0 atom stereocenters. The average molecular weight is 491 g/mol. The van der Waals surface area contributed by atoms with Crippen LogP contribution in [0.2, 0.25) is 0 Å². The fourth-order valence-corrected chi connectivity index (χ4v) is 5.09. The molecule has 1 aliphatic heterocycles. The van der Waals surface area contributed by atoms with Gasteiger partial charge >= 0.3 is 0 Å². The van der Waals surface area contributed by atoms with Crippen LogP contribution in [0.3, 0.4) is 0 Å². The van der Waals surface area contributed by atoms with Crippen LogP contribution in [0.25, 0.3) is 33.3 Å². The predicted octanol–water partition coefficient (Wildman–Crippen LogP) is 2.55. The second-order valence-corrected chi connectivity index (χ2v) is 10.1. The number of benzene rings is 1. The monoisotopic (exact) mass is 490 g/mol.